The van der Waals surface area contributed by atoms with Crippen molar-refractivity contribution in [2.75, 3.05) is 43.9 Å². The fraction of sp³-hybridized carbons (Fsp3) is 0.258. The predicted octanol–water partition coefficient (Wildman–Crippen LogP) is 5.78. The highest BCUT2D eigenvalue weighted by Gasteiger charge is 2.34. The third kappa shape index (κ3) is 6.12. The second-order valence-corrected chi connectivity index (χ2v) is 11.9. The number of benzene rings is 2. The molecular formula is C31H30F3N6O2S+. The molecule has 0 spiro atoms. The van der Waals surface area contributed by atoms with Gasteiger partial charge in [-0.25, -0.2) is 9.97 Å². The van der Waals surface area contributed by atoms with Crippen LogP contribution < -0.4 is 15.6 Å². The summed E-state index contributed by atoms with van der Waals surface area (Å²) in [5.41, 5.74) is 1.69. The first-order valence-electron chi connectivity index (χ1n) is 13.8. The number of aryl methyl sites for hydroxylation is 1. The standard InChI is InChI=1S/C31H29F3N6O2S/c1-18-3-4-19(13-25(18)38-30(42)26-14-21-16-36-28-23(7-8-35-28)27(21)43-26)29(41)37-22-6-5-20(24(15-22)31(32,33)34)17-40-11-9-39(2)10-12-40/h3-8,13-16H,9-12,17H2,1-2H3,(H,35,36)(H,37,41)(H,38,42)/p+1. The number of piperazine rings is 1. The number of rotatable bonds is 6. The molecular weight excluding hydrogens is 577 g/mol. The first-order chi connectivity index (χ1) is 20.5. The van der Waals surface area contributed by atoms with Gasteiger partial charge in [0.1, 0.15) is 0 Å². The van der Waals surface area contributed by atoms with E-state index in [1.165, 1.54) is 29.5 Å². The number of pyridine rings is 1. The van der Waals surface area contributed by atoms with Gasteiger partial charge in [-0.2, -0.15) is 13.2 Å². The summed E-state index contributed by atoms with van der Waals surface area (Å²) in [6.45, 7) is 4.97. The Hall–Kier alpha value is -4.26. The van der Waals surface area contributed by atoms with Gasteiger partial charge in [-0.1, -0.05) is 12.1 Å². The minimum absolute atomic E-state index is 0.0452. The quantitative estimate of drug-likeness (QED) is 0.228. The lowest BCUT2D eigenvalue weighted by Gasteiger charge is -2.33. The van der Waals surface area contributed by atoms with Gasteiger partial charge < -0.3 is 15.5 Å². The molecule has 0 saturated carbocycles. The lowest BCUT2D eigenvalue weighted by atomic mass is 10.0. The summed E-state index contributed by atoms with van der Waals surface area (Å²) in [6, 6.07) is 12.4. The van der Waals surface area contributed by atoms with E-state index >= 15 is 0 Å². The SMILES string of the molecule is Cc1ccc(C(=O)Nc2ccc(CN3CCN(C)CC3)c(C(F)(F)F)c2)cc1NC(=O)c1cc2c[nH+]c3[nH]ccc3c2s1. The number of H-pyrrole nitrogens is 2. The van der Waals surface area contributed by atoms with Gasteiger partial charge in [0, 0.05) is 55.0 Å². The lowest BCUT2D eigenvalue weighted by molar-refractivity contribution is -0.345. The molecule has 222 valence electrons. The van der Waals surface area contributed by atoms with Crippen molar-refractivity contribution in [3.8, 4) is 0 Å². The molecule has 1 fully saturated rings. The fourth-order valence-electron chi connectivity index (χ4n) is 5.25. The van der Waals surface area contributed by atoms with Crippen LogP contribution in [0.4, 0.5) is 24.5 Å². The molecule has 1 aliphatic heterocycles. The van der Waals surface area contributed by atoms with Crippen LogP contribution in [0.15, 0.2) is 60.9 Å². The topological polar surface area (TPSA) is 94.6 Å². The van der Waals surface area contributed by atoms with Gasteiger partial charge in [0.15, 0.2) is 0 Å². The molecule has 4 heterocycles. The first-order valence-corrected chi connectivity index (χ1v) is 14.6. The van der Waals surface area contributed by atoms with Crippen LogP contribution in [0.2, 0.25) is 0 Å². The Bertz CT molecular complexity index is 1840. The van der Waals surface area contributed by atoms with E-state index in [4.69, 9.17) is 0 Å². The Balaban J connectivity index is 1.19. The summed E-state index contributed by atoms with van der Waals surface area (Å²) in [5.74, 6) is -0.904. The van der Waals surface area contributed by atoms with Crippen molar-refractivity contribution in [1.82, 2.24) is 14.8 Å². The molecule has 0 unspecified atom stereocenters. The summed E-state index contributed by atoms with van der Waals surface area (Å²) >= 11 is 1.36. The molecule has 1 aliphatic rings. The van der Waals surface area contributed by atoms with Crippen molar-refractivity contribution in [3.63, 3.8) is 0 Å². The first kappa shape index (κ1) is 28.8. The smallest absolute Gasteiger partial charge is 0.322 e. The van der Waals surface area contributed by atoms with Crippen molar-refractivity contribution in [2.45, 2.75) is 19.6 Å². The number of nitrogens with one attached hydrogen (secondary N) is 4. The summed E-state index contributed by atoms with van der Waals surface area (Å²) < 4.78 is 43.0. The van der Waals surface area contributed by atoms with Gasteiger partial charge in [-0.15, -0.1) is 11.3 Å². The van der Waals surface area contributed by atoms with Crippen molar-refractivity contribution in [1.29, 1.82) is 0 Å². The van der Waals surface area contributed by atoms with Crippen molar-refractivity contribution < 1.29 is 27.7 Å². The number of halogens is 3. The Morgan fingerprint density at radius 3 is 2.56 bits per heavy atom. The molecule has 8 nitrogen and oxygen atoms in total. The van der Waals surface area contributed by atoms with Crippen LogP contribution in [0.1, 0.15) is 36.7 Å². The van der Waals surface area contributed by atoms with Gasteiger partial charge in [0.05, 0.1) is 32.9 Å². The zero-order valence-corrected chi connectivity index (χ0v) is 24.4. The number of thiophene rings is 1. The number of anilines is 2. The third-order valence-electron chi connectivity index (χ3n) is 7.76. The van der Waals surface area contributed by atoms with Crippen molar-refractivity contribution in [3.05, 3.63) is 88.1 Å². The molecule has 5 aromatic rings. The Morgan fingerprint density at radius 1 is 1.00 bits per heavy atom. The van der Waals surface area contributed by atoms with E-state index < -0.39 is 17.6 Å². The number of aromatic nitrogens is 2. The summed E-state index contributed by atoms with van der Waals surface area (Å²) in [4.78, 5) is 37.2. The zero-order chi connectivity index (χ0) is 30.3. The van der Waals surface area contributed by atoms with Gasteiger partial charge in [-0.3, -0.25) is 14.5 Å². The van der Waals surface area contributed by atoms with Crippen LogP contribution in [0.25, 0.3) is 21.1 Å². The average Bonchev–Trinajstić information content (AvgIpc) is 3.63. The number of alkyl halides is 3. The number of carbonyl (C=O) groups is 2. The monoisotopic (exact) mass is 607 g/mol. The van der Waals surface area contributed by atoms with Crippen LogP contribution in [0, 0.1) is 6.92 Å². The van der Waals surface area contributed by atoms with Gasteiger partial charge >= 0.3 is 6.18 Å². The number of fused-ring (bicyclic) bond motifs is 3. The Labute approximate surface area is 249 Å². The lowest BCUT2D eigenvalue weighted by Crippen LogP contribution is -2.44. The highest BCUT2D eigenvalue weighted by atomic mass is 32.1. The molecule has 0 atom stereocenters. The Morgan fingerprint density at radius 2 is 1.79 bits per heavy atom. The summed E-state index contributed by atoms with van der Waals surface area (Å²) in [6.07, 6.45) is -0.908. The molecule has 0 bridgehead atoms. The largest absolute Gasteiger partial charge is 0.416 e. The van der Waals surface area contributed by atoms with E-state index in [0.29, 0.717) is 23.7 Å². The zero-order valence-electron chi connectivity index (χ0n) is 23.6. The molecule has 0 radical (unpaired) electrons. The van der Waals surface area contributed by atoms with Crippen LogP contribution in [-0.4, -0.2) is 59.8 Å². The minimum atomic E-state index is -4.57. The highest BCUT2D eigenvalue weighted by Crippen LogP contribution is 2.35. The number of amides is 2. The van der Waals surface area contributed by atoms with E-state index in [0.717, 1.165) is 45.8 Å². The third-order valence-corrected chi connectivity index (χ3v) is 8.94. The number of hydrogen-bond donors (Lipinski definition) is 3. The van der Waals surface area contributed by atoms with E-state index in [2.05, 4.69) is 25.5 Å². The Kier molecular flexibility index (Phi) is 7.67. The molecule has 2 amide bonds. The normalized spacial score (nSPS) is 14.8. The number of hydrogen-bond acceptors (Lipinski definition) is 5. The average molecular weight is 608 g/mol. The van der Waals surface area contributed by atoms with Crippen molar-refractivity contribution in [2.24, 2.45) is 0 Å². The molecule has 1 saturated heterocycles. The van der Waals surface area contributed by atoms with Gasteiger partial charge in [0.25, 0.3) is 17.5 Å². The highest BCUT2D eigenvalue weighted by molar-refractivity contribution is 7.21. The van der Waals surface area contributed by atoms with Crippen molar-refractivity contribution >= 4 is 55.6 Å². The number of nitrogens with zero attached hydrogens (tertiary/aromatic N) is 2. The molecule has 6 rings (SSSR count). The fourth-order valence-corrected chi connectivity index (χ4v) is 6.32. The molecule has 0 aliphatic carbocycles. The van der Waals surface area contributed by atoms with E-state index in [-0.39, 0.29) is 29.3 Å². The molecule has 3 aromatic heterocycles. The second kappa shape index (κ2) is 11.4. The van der Waals surface area contributed by atoms with Crippen LogP contribution in [0.5, 0.6) is 0 Å². The van der Waals surface area contributed by atoms with Gasteiger partial charge in [0.2, 0.25) is 0 Å². The predicted molar refractivity (Wildman–Crippen MR) is 162 cm³/mol. The maximum Gasteiger partial charge on any atom is 0.416 e. The van der Waals surface area contributed by atoms with Crippen LogP contribution in [0.3, 0.4) is 0 Å². The number of likely N-dealkylation sites (N-methyl/N-ethyl adjacent to an activating group) is 1. The second-order valence-electron chi connectivity index (χ2n) is 10.8. The van der Waals surface area contributed by atoms with E-state index in [1.54, 1.807) is 25.1 Å². The van der Waals surface area contributed by atoms with E-state index in [9.17, 15) is 22.8 Å². The minimum Gasteiger partial charge on any atom is -0.322 e. The molecule has 43 heavy (non-hydrogen) atoms. The van der Waals surface area contributed by atoms with Gasteiger partial charge in [-0.05, 0) is 61.5 Å². The summed E-state index contributed by atoms with van der Waals surface area (Å²) in [5, 5.41) is 7.36. The van der Waals surface area contributed by atoms with E-state index in [1.807, 2.05) is 30.4 Å². The number of carbonyl (C=O) groups excluding carboxylic acids is 2. The molecule has 2 aromatic carbocycles. The maximum absolute atomic E-state index is 14.0. The molecule has 4 N–H and O–H groups in total. The molecule has 12 heteroatoms. The maximum atomic E-state index is 14.0. The van der Waals surface area contributed by atoms with Crippen LogP contribution >= 0.6 is 11.3 Å². The van der Waals surface area contributed by atoms with Crippen LogP contribution in [-0.2, 0) is 12.7 Å². The number of aromatic amines is 2. The summed E-state index contributed by atoms with van der Waals surface area (Å²) in [7, 11) is 1.99.